The van der Waals surface area contributed by atoms with Crippen LogP contribution in [-0.4, -0.2) is 18.3 Å². The minimum absolute atomic E-state index is 0.224. The maximum atomic E-state index is 9.58. The van der Waals surface area contributed by atoms with Gasteiger partial charge >= 0.3 is 0 Å². The minimum atomic E-state index is 0.224. The highest BCUT2D eigenvalue weighted by atomic mass is 16.5. The molecule has 0 unspecified atom stereocenters. The molecule has 0 bridgehead atoms. The van der Waals surface area contributed by atoms with Crippen molar-refractivity contribution in [1.29, 1.82) is 0 Å². The average Bonchev–Trinajstić information content (AvgIpc) is 2.18. The highest BCUT2D eigenvalue weighted by Crippen LogP contribution is 2.36. The molecule has 0 heterocycles. The highest BCUT2D eigenvalue weighted by Gasteiger charge is 2.20. The van der Waals surface area contributed by atoms with Crippen LogP contribution in [0.2, 0.25) is 0 Å². The Hall–Kier alpha value is -1.22. The van der Waals surface area contributed by atoms with Crippen LogP contribution in [0.1, 0.15) is 17.5 Å². The van der Waals surface area contributed by atoms with Crippen molar-refractivity contribution < 1.29 is 9.84 Å². The van der Waals surface area contributed by atoms with Crippen LogP contribution < -0.4 is 10.5 Å². The molecule has 0 amide bonds. The third-order valence-electron chi connectivity index (χ3n) is 2.79. The van der Waals surface area contributed by atoms with Gasteiger partial charge in [0, 0.05) is 11.6 Å². The number of aromatic hydroxyl groups is 1. The summed E-state index contributed by atoms with van der Waals surface area (Å²) < 4.78 is 5.19. The van der Waals surface area contributed by atoms with Crippen LogP contribution in [-0.2, 0) is 12.8 Å². The van der Waals surface area contributed by atoms with Crippen LogP contribution in [0.15, 0.2) is 12.1 Å². The van der Waals surface area contributed by atoms with Crippen LogP contribution in [0.25, 0.3) is 0 Å². The Morgan fingerprint density at radius 3 is 3.00 bits per heavy atom. The van der Waals surface area contributed by atoms with Gasteiger partial charge in [0.25, 0.3) is 0 Å². The summed E-state index contributed by atoms with van der Waals surface area (Å²) in [7, 11) is 1.59. The van der Waals surface area contributed by atoms with Gasteiger partial charge in [-0.1, -0.05) is 6.07 Å². The summed E-state index contributed by atoms with van der Waals surface area (Å²) >= 11 is 0. The molecule has 0 saturated heterocycles. The van der Waals surface area contributed by atoms with Crippen LogP contribution in [0.4, 0.5) is 0 Å². The first-order chi connectivity index (χ1) is 6.72. The topological polar surface area (TPSA) is 55.5 Å². The molecule has 2 rings (SSSR count). The monoisotopic (exact) mass is 193 g/mol. The molecule has 0 aromatic heterocycles. The number of hydrogen-bond acceptors (Lipinski definition) is 3. The second-order valence-electron chi connectivity index (χ2n) is 3.76. The van der Waals surface area contributed by atoms with E-state index in [2.05, 4.69) is 0 Å². The van der Waals surface area contributed by atoms with Gasteiger partial charge in [-0.15, -0.1) is 0 Å². The number of methoxy groups -OCH3 is 1. The van der Waals surface area contributed by atoms with E-state index in [1.807, 2.05) is 6.07 Å². The Morgan fingerprint density at radius 2 is 2.29 bits per heavy atom. The molecule has 3 heteroatoms. The second kappa shape index (κ2) is 3.50. The molecule has 1 aromatic carbocycles. The van der Waals surface area contributed by atoms with E-state index in [0.29, 0.717) is 5.75 Å². The fraction of sp³-hybridized carbons (Fsp3) is 0.455. The normalized spacial score (nSPS) is 20.3. The van der Waals surface area contributed by atoms with Crippen LogP contribution in [0, 0.1) is 0 Å². The highest BCUT2D eigenvalue weighted by molar-refractivity contribution is 5.51. The van der Waals surface area contributed by atoms with Crippen LogP contribution in [0.3, 0.4) is 0 Å². The quantitative estimate of drug-likeness (QED) is 0.705. The Balaban J connectivity index is 2.47. The van der Waals surface area contributed by atoms with Gasteiger partial charge in [-0.25, -0.2) is 0 Å². The molecule has 1 aliphatic carbocycles. The lowest BCUT2D eigenvalue weighted by atomic mass is 9.88. The number of phenolic OH excluding ortho intramolecular Hbond substituents is 1. The summed E-state index contributed by atoms with van der Waals surface area (Å²) in [5.41, 5.74) is 8.20. The number of fused-ring (bicyclic) bond motifs is 1. The maximum Gasteiger partial charge on any atom is 0.163 e. The minimum Gasteiger partial charge on any atom is -0.504 e. The predicted molar refractivity (Wildman–Crippen MR) is 54.7 cm³/mol. The van der Waals surface area contributed by atoms with Crippen molar-refractivity contribution in [3.63, 3.8) is 0 Å². The van der Waals surface area contributed by atoms with Gasteiger partial charge in [-0.2, -0.15) is 0 Å². The molecule has 0 saturated carbocycles. The molecule has 1 atom stereocenters. The van der Waals surface area contributed by atoms with E-state index < -0.39 is 0 Å². The number of hydrogen-bond donors (Lipinski definition) is 2. The molecule has 0 fully saturated rings. The molecule has 1 aliphatic rings. The first kappa shape index (κ1) is 9.34. The average molecular weight is 193 g/mol. The number of benzene rings is 1. The van der Waals surface area contributed by atoms with Crippen molar-refractivity contribution >= 4 is 0 Å². The van der Waals surface area contributed by atoms with Crippen LogP contribution >= 0.6 is 0 Å². The van der Waals surface area contributed by atoms with Crippen molar-refractivity contribution in [1.82, 2.24) is 0 Å². The zero-order valence-electron chi connectivity index (χ0n) is 8.29. The number of nitrogens with two attached hydrogens (primary N) is 1. The zero-order chi connectivity index (χ0) is 10.1. The largest absolute Gasteiger partial charge is 0.504 e. The number of rotatable bonds is 1. The van der Waals surface area contributed by atoms with Gasteiger partial charge in [0.15, 0.2) is 11.5 Å². The van der Waals surface area contributed by atoms with Gasteiger partial charge < -0.3 is 15.6 Å². The molecule has 76 valence electrons. The third kappa shape index (κ3) is 1.44. The Labute approximate surface area is 83.5 Å². The molecule has 14 heavy (non-hydrogen) atoms. The summed E-state index contributed by atoms with van der Waals surface area (Å²) in [6, 6.07) is 3.86. The molecule has 3 nitrogen and oxygen atoms in total. The van der Waals surface area contributed by atoms with Gasteiger partial charge in [0.2, 0.25) is 0 Å². The van der Waals surface area contributed by atoms with Crippen molar-refractivity contribution in [3.8, 4) is 11.5 Å². The van der Waals surface area contributed by atoms with Gasteiger partial charge in [0.1, 0.15) is 0 Å². The molecule has 0 spiro atoms. The summed E-state index contributed by atoms with van der Waals surface area (Å²) in [5.74, 6) is 0.844. The lowest BCUT2D eigenvalue weighted by Gasteiger charge is -2.23. The number of phenols is 1. The molecule has 1 aromatic rings. The van der Waals surface area contributed by atoms with Crippen molar-refractivity contribution in [2.75, 3.05) is 7.11 Å². The molecule has 0 radical (unpaired) electrons. The fourth-order valence-electron chi connectivity index (χ4n) is 2.06. The fourth-order valence-corrected chi connectivity index (χ4v) is 2.06. The Kier molecular flexibility index (Phi) is 2.33. The summed E-state index contributed by atoms with van der Waals surface area (Å²) in [6.07, 6.45) is 2.74. The smallest absolute Gasteiger partial charge is 0.163 e. The summed E-state index contributed by atoms with van der Waals surface area (Å²) in [5, 5.41) is 9.58. The lowest BCUT2D eigenvalue weighted by molar-refractivity contribution is 0.365. The Bertz CT molecular complexity index is 349. The van der Waals surface area contributed by atoms with Crippen molar-refractivity contribution in [2.45, 2.75) is 25.3 Å². The van der Waals surface area contributed by atoms with Gasteiger partial charge in [-0.05, 0) is 30.9 Å². The van der Waals surface area contributed by atoms with Crippen LogP contribution in [0.5, 0.6) is 11.5 Å². The first-order valence-electron chi connectivity index (χ1n) is 4.85. The molecular formula is C11H15NO2. The van der Waals surface area contributed by atoms with Crippen molar-refractivity contribution in [2.24, 2.45) is 5.73 Å². The van der Waals surface area contributed by atoms with E-state index >= 15 is 0 Å². The summed E-state index contributed by atoms with van der Waals surface area (Å²) in [4.78, 5) is 0. The molecule has 0 aliphatic heterocycles. The SMILES string of the molecule is COc1c(O)ccc2c1CC[C@H](N)C2. The first-order valence-corrected chi connectivity index (χ1v) is 4.85. The standard InChI is InChI=1S/C11H15NO2/c1-14-11-9-4-3-8(12)6-7(9)2-5-10(11)13/h2,5,8,13H,3-4,6,12H2,1H3/t8-/m0/s1. The number of ether oxygens (including phenoxy) is 1. The van der Waals surface area contributed by atoms with Gasteiger partial charge in [-0.3, -0.25) is 0 Å². The molecular weight excluding hydrogens is 178 g/mol. The summed E-state index contributed by atoms with van der Waals surface area (Å²) in [6.45, 7) is 0. The predicted octanol–water partition coefficient (Wildman–Crippen LogP) is 1.22. The van der Waals surface area contributed by atoms with E-state index in [4.69, 9.17) is 10.5 Å². The maximum absolute atomic E-state index is 9.58. The van der Waals surface area contributed by atoms with E-state index in [9.17, 15) is 5.11 Å². The van der Waals surface area contributed by atoms with Crippen molar-refractivity contribution in [3.05, 3.63) is 23.3 Å². The zero-order valence-corrected chi connectivity index (χ0v) is 8.29. The Morgan fingerprint density at radius 1 is 1.50 bits per heavy atom. The van der Waals surface area contributed by atoms with E-state index in [1.165, 1.54) is 5.56 Å². The third-order valence-corrected chi connectivity index (χ3v) is 2.79. The van der Waals surface area contributed by atoms with E-state index in [1.54, 1.807) is 13.2 Å². The molecule has 3 N–H and O–H groups in total. The van der Waals surface area contributed by atoms with E-state index in [-0.39, 0.29) is 11.8 Å². The lowest BCUT2D eigenvalue weighted by Crippen LogP contribution is -2.28. The van der Waals surface area contributed by atoms with E-state index in [0.717, 1.165) is 24.8 Å². The second-order valence-corrected chi connectivity index (χ2v) is 3.76. The van der Waals surface area contributed by atoms with Gasteiger partial charge in [0.05, 0.1) is 7.11 Å².